The Morgan fingerprint density at radius 1 is 0.913 bits per heavy atom. The van der Waals surface area contributed by atoms with Crippen LogP contribution < -0.4 is 4.74 Å². The normalized spacial score (nSPS) is 10.6. The molecule has 3 aromatic rings. The SMILES string of the molecule is Fc1c(OCc2ccccc2)ccc(-c2ccc(Cl)cn2)c1F. The van der Waals surface area contributed by atoms with Crippen LogP contribution in [-0.4, -0.2) is 4.98 Å². The first-order chi connectivity index (χ1) is 11.1. The van der Waals surface area contributed by atoms with Gasteiger partial charge in [0.05, 0.1) is 10.7 Å². The van der Waals surface area contributed by atoms with Gasteiger partial charge in [-0.15, -0.1) is 0 Å². The summed E-state index contributed by atoms with van der Waals surface area (Å²) in [5.41, 5.74) is 1.24. The molecule has 116 valence electrons. The molecular formula is C18H12ClF2NO. The molecule has 0 amide bonds. The van der Waals surface area contributed by atoms with Gasteiger partial charge < -0.3 is 4.74 Å². The van der Waals surface area contributed by atoms with Crippen LogP contribution in [-0.2, 0) is 6.61 Å². The molecule has 5 heteroatoms. The lowest BCUT2D eigenvalue weighted by atomic mass is 10.1. The molecule has 0 aliphatic heterocycles. The van der Waals surface area contributed by atoms with Crippen LogP contribution >= 0.6 is 11.6 Å². The van der Waals surface area contributed by atoms with Crippen molar-refractivity contribution in [2.24, 2.45) is 0 Å². The Bertz CT molecular complexity index is 807. The van der Waals surface area contributed by atoms with Crippen LogP contribution in [0.5, 0.6) is 5.75 Å². The number of hydrogen-bond donors (Lipinski definition) is 0. The first-order valence-corrected chi connectivity index (χ1v) is 7.29. The quantitative estimate of drug-likeness (QED) is 0.650. The topological polar surface area (TPSA) is 22.1 Å². The Kier molecular flexibility index (Phi) is 4.53. The van der Waals surface area contributed by atoms with Crippen LogP contribution in [0, 0.1) is 11.6 Å². The largest absolute Gasteiger partial charge is 0.486 e. The van der Waals surface area contributed by atoms with Gasteiger partial charge in [0.2, 0.25) is 5.82 Å². The average Bonchev–Trinajstić information content (AvgIpc) is 2.58. The second-order valence-electron chi connectivity index (χ2n) is 4.88. The van der Waals surface area contributed by atoms with Crippen molar-refractivity contribution in [2.75, 3.05) is 0 Å². The Balaban J connectivity index is 1.84. The fourth-order valence-corrected chi connectivity index (χ4v) is 2.22. The highest BCUT2D eigenvalue weighted by atomic mass is 35.5. The molecule has 0 N–H and O–H groups in total. The highest BCUT2D eigenvalue weighted by Crippen LogP contribution is 2.29. The van der Waals surface area contributed by atoms with Crippen LogP contribution in [0.25, 0.3) is 11.3 Å². The molecule has 1 heterocycles. The van der Waals surface area contributed by atoms with E-state index >= 15 is 0 Å². The maximum absolute atomic E-state index is 14.2. The number of hydrogen-bond acceptors (Lipinski definition) is 2. The zero-order valence-corrected chi connectivity index (χ0v) is 12.7. The summed E-state index contributed by atoms with van der Waals surface area (Å²) >= 11 is 5.74. The molecule has 23 heavy (non-hydrogen) atoms. The minimum atomic E-state index is -1.03. The molecule has 0 aliphatic carbocycles. The minimum Gasteiger partial charge on any atom is -0.486 e. The van der Waals surface area contributed by atoms with Crippen LogP contribution in [0.4, 0.5) is 8.78 Å². The predicted octanol–water partition coefficient (Wildman–Crippen LogP) is 5.26. The van der Waals surface area contributed by atoms with Gasteiger partial charge in [0.1, 0.15) is 6.61 Å². The molecule has 0 saturated heterocycles. The summed E-state index contributed by atoms with van der Waals surface area (Å²) in [5, 5.41) is 0.428. The summed E-state index contributed by atoms with van der Waals surface area (Å²) in [4.78, 5) is 3.99. The fraction of sp³-hybridized carbons (Fsp3) is 0.0556. The smallest absolute Gasteiger partial charge is 0.201 e. The summed E-state index contributed by atoms with van der Waals surface area (Å²) in [6.07, 6.45) is 1.38. The molecule has 2 nitrogen and oxygen atoms in total. The molecule has 1 aromatic heterocycles. The maximum atomic E-state index is 14.2. The summed E-state index contributed by atoms with van der Waals surface area (Å²) < 4.78 is 33.8. The Morgan fingerprint density at radius 3 is 2.39 bits per heavy atom. The van der Waals surface area contributed by atoms with Crippen molar-refractivity contribution < 1.29 is 13.5 Å². The highest BCUT2D eigenvalue weighted by molar-refractivity contribution is 6.30. The van der Waals surface area contributed by atoms with E-state index in [0.717, 1.165) is 5.56 Å². The number of ether oxygens (including phenoxy) is 1. The Morgan fingerprint density at radius 2 is 1.70 bits per heavy atom. The van der Waals surface area contributed by atoms with Crippen molar-refractivity contribution in [3.05, 3.63) is 83.0 Å². The van der Waals surface area contributed by atoms with E-state index in [9.17, 15) is 8.78 Å². The zero-order valence-electron chi connectivity index (χ0n) is 12.0. The first-order valence-electron chi connectivity index (χ1n) is 6.92. The summed E-state index contributed by atoms with van der Waals surface area (Å²) in [5.74, 6) is -2.16. The molecule has 0 aliphatic rings. The molecule has 0 radical (unpaired) electrons. The van der Waals surface area contributed by atoms with Crippen LogP contribution in [0.1, 0.15) is 5.56 Å². The zero-order chi connectivity index (χ0) is 16.2. The summed E-state index contributed by atoms with van der Waals surface area (Å²) in [6.45, 7) is 0.162. The van der Waals surface area contributed by atoms with Gasteiger partial charge in [0, 0.05) is 11.8 Å². The second-order valence-corrected chi connectivity index (χ2v) is 5.31. The molecule has 0 saturated carbocycles. The van der Waals surface area contributed by atoms with Crippen LogP contribution in [0.2, 0.25) is 5.02 Å². The number of halogens is 3. The fourth-order valence-electron chi connectivity index (χ4n) is 2.11. The summed E-state index contributed by atoms with van der Waals surface area (Å²) in [7, 11) is 0. The van der Waals surface area contributed by atoms with E-state index in [-0.39, 0.29) is 17.9 Å². The van der Waals surface area contributed by atoms with Gasteiger partial charge in [-0.05, 0) is 29.8 Å². The van der Waals surface area contributed by atoms with E-state index in [0.29, 0.717) is 10.7 Å². The molecule has 0 unspecified atom stereocenters. The third-order valence-corrected chi connectivity index (χ3v) is 3.51. The molecule has 3 rings (SSSR count). The van der Waals surface area contributed by atoms with Gasteiger partial charge in [-0.1, -0.05) is 41.9 Å². The Labute approximate surface area is 137 Å². The lowest BCUT2D eigenvalue weighted by Crippen LogP contribution is -2.00. The van der Waals surface area contributed by atoms with Gasteiger partial charge in [-0.2, -0.15) is 4.39 Å². The van der Waals surface area contributed by atoms with Crippen molar-refractivity contribution in [2.45, 2.75) is 6.61 Å². The van der Waals surface area contributed by atoms with E-state index in [2.05, 4.69) is 4.98 Å². The molecule has 0 fully saturated rings. The Hall–Kier alpha value is -2.46. The lowest BCUT2D eigenvalue weighted by Gasteiger charge is -2.10. The van der Waals surface area contributed by atoms with Gasteiger partial charge in [-0.25, -0.2) is 4.39 Å². The molecule has 0 spiro atoms. The number of rotatable bonds is 4. The van der Waals surface area contributed by atoms with E-state index in [1.54, 1.807) is 6.07 Å². The number of aromatic nitrogens is 1. The monoisotopic (exact) mass is 331 g/mol. The molecular weight excluding hydrogens is 320 g/mol. The van der Waals surface area contributed by atoms with Gasteiger partial charge in [0.25, 0.3) is 0 Å². The highest BCUT2D eigenvalue weighted by Gasteiger charge is 2.16. The van der Waals surface area contributed by atoms with Crippen molar-refractivity contribution in [3.63, 3.8) is 0 Å². The van der Waals surface area contributed by atoms with Gasteiger partial charge >= 0.3 is 0 Å². The minimum absolute atomic E-state index is 0.0613. The first kappa shape index (κ1) is 15.4. The predicted molar refractivity (Wildman–Crippen MR) is 85.4 cm³/mol. The van der Waals surface area contributed by atoms with Gasteiger partial charge in [0.15, 0.2) is 11.6 Å². The van der Waals surface area contributed by atoms with Gasteiger partial charge in [-0.3, -0.25) is 4.98 Å². The van der Waals surface area contributed by atoms with Crippen molar-refractivity contribution in [3.8, 4) is 17.0 Å². The van der Waals surface area contributed by atoms with Crippen molar-refractivity contribution in [1.29, 1.82) is 0 Å². The van der Waals surface area contributed by atoms with Crippen molar-refractivity contribution >= 4 is 11.6 Å². The maximum Gasteiger partial charge on any atom is 0.201 e. The summed E-state index contributed by atoms with van der Waals surface area (Å²) in [6, 6.07) is 15.2. The molecule has 0 atom stereocenters. The second kappa shape index (κ2) is 6.75. The molecule has 2 aromatic carbocycles. The van der Waals surface area contributed by atoms with E-state index in [1.807, 2.05) is 30.3 Å². The lowest BCUT2D eigenvalue weighted by molar-refractivity contribution is 0.285. The van der Waals surface area contributed by atoms with E-state index in [4.69, 9.17) is 16.3 Å². The molecule has 0 bridgehead atoms. The number of benzene rings is 2. The average molecular weight is 332 g/mol. The third-order valence-electron chi connectivity index (χ3n) is 3.29. The standard InChI is InChI=1S/C18H12ClF2NO/c19-13-6-8-15(22-10-13)14-7-9-16(18(21)17(14)20)23-11-12-4-2-1-3-5-12/h1-10H,11H2. The number of pyridine rings is 1. The van der Waals surface area contributed by atoms with Crippen molar-refractivity contribution in [1.82, 2.24) is 4.98 Å². The third kappa shape index (κ3) is 3.48. The van der Waals surface area contributed by atoms with Crippen LogP contribution in [0.15, 0.2) is 60.8 Å². The van der Waals surface area contributed by atoms with Crippen LogP contribution in [0.3, 0.4) is 0 Å². The van der Waals surface area contributed by atoms with E-state index in [1.165, 1.54) is 24.4 Å². The number of nitrogens with zero attached hydrogens (tertiary/aromatic N) is 1. The van der Waals surface area contributed by atoms with E-state index < -0.39 is 11.6 Å².